The van der Waals surface area contributed by atoms with E-state index in [0.717, 1.165) is 16.3 Å². The van der Waals surface area contributed by atoms with Crippen LogP contribution in [0.2, 0.25) is 0 Å². The number of hydrazone groups is 1. The van der Waals surface area contributed by atoms with Gasteiger partial charge in [0.2, 0.25) is 0 Å². The normalized spacial score (nSPS) is 21.9. The van der Waals surface area contributed by atoms with Crippen LogP contribution in [-0.4, -0.2) is 35.8 Å². The van der Waals surface area contributed by atoms with Crippen LogP contribution in [0.3, 0.4) is 0 Å². The number of rotatable bonds is 5. The van der Waals surface area contributed by atoms with Crippen LogP contribution in [0, 0.1) is 0 Å². The van der Waals surface area contributed by atoms with E-state index in [2.05, 4.69) is 10.4 Å². The molecule has 22 heavy (non-hydrogen) atoms. The zero-order chi connectivity index (χ0) is 16.2. The number of carbonyl (C=O) groups excluding carboxylic acids is 2. The van der Waals surface area contributed by atoms with Gasteiger partial charge in [-0.2, -0.15) is 5.10 Å². The van der Waals surface area contributed by atoms with E-state index in [9.17, 15) is 9.59 Å². The smallest absolute Gasteiger partial charge is 0.346 e. The SMILES string of the molecule is CC[C@]1(C)NC(=O)N(/N=C\C=C\c2ccccc2OC)C1=O. The van der Waals surface area contributed by atoms with Crippen LogP contribution >= 0.6 is 0 Å². The summed E-state index contributed by atoms with van der Waals surface area (Å²) in [5, 5.41) is 7.41. The molecule has 0 unspecified atom stereocenters. The molecule has 0 aromatic heterocycles. The number of hydrogen-bond acceptors (Lipinski definition) is 4. The quantitative estimate of drug-likeness (QED) is 0.670. The van der Waals surface area contributed by atoms with Crippen molar-refractivity contribution in [2.24, 2.45) is 5.10 Å². The summed E-state index contributed by atoms with van der Waals surface area (Å²) in [4.78, 5) is 23.9. The summed E-state index contributed by atoms with van der Waals surface area (Å²) in [6.07, 6.45) is 5.37. The molecule has 0 bridgehead atoms. The Morgan fingerprint density at radius 2 is 2.09 bits per heavy atom. The lowest BCUT2D eigenvalue weighted by Crippen LogP contribution is -2.42. The van der Waals surface area contributed by atoms with Gasteiger partial charge in [0.1, 0.15) is 11.3 Å². The fourth-order valence-corrected chi connectivity index (χ4v) is 2.07. The molecule has 1 N–H and O–H groups in total. The standard InChI is InChI=1S/C16H19N3O3/c1-4-16(2)14(20)19(15(21)18-16)17-11-7-9-12-8-5-6-10-13(12)22-3/h5-11H,4H2,1-3H3,(H,18,21)/b9-7+,17-11-/t16-/m0/s1. The number of methoxy groups -OCH3 is 1. The summed E-state index contributed by atoms with van der Waals surface area (Å²) >= 11 is 0. The second-order valence-corrected chi connectivity index (χ2v) is 5.10. The zero-order valence-electron chi connectivity index (χ0n) is 12.9. The van der Waals surface area contributed by atoms with Crippen molar-refractivity contribution < 1.29 is 14.3 Å². The molecule has 1 heterocycles. The zero-order valence-corrected chi connectivity index (χ0v) is 12.9. The number of hydrogen-bond donors (Lipinski definition) is 1. The van der Waals surface area contributed by atoms with Crippen molar-refractivity contribution in [3.63, 3.8) is 0 Å². The number of nitrogens with zero attached hydrogens (tertiary/aromatic N) is 2. The number of amides is 3. The van der Waals surface area contributed by atoms with Gasteiger partial charge in [-0.3, -0.25) is 4.79 Å². The third kappa shape index (κ3) is 3.00. The van der Waals surface area contributed by atoms with Gasteiger partial charge in [-0.05, 0) is 31.6 Å². The van der Waals surface area contributed by atoms with Crippen LogP contribution in [0.25, 0.3) is 6.08 Å². The second-order valence-electron chi connectivity index (χ2n) is 5.10. The van der Waals surface area contributed by atoms with Crippen molar-refractivity contribution in [3.8, 4) is 5.75 Å². The van der Waals surface area contributed by atoms with E-state index in [0.29, 0.717) is 6.42 Å². The maximum Gasteiger partial charge on any atom is 0.346 e. The largest absolute Gasteiger partial charge is 0.496 e. The van der Waals surface area contributed by atoms with Gasteiger partial charge in [0.25, 0.3) is 5.91 Å². The summed E-state index contributed by atoms with van der Waals surface area (Å²) in [6, 6.07) is 7.01. The number of urea groups is 1. The lowest BCUT2D eigenvalue weighted by Gasteiger charge is -2.17. The Kier molecular flexibility index (Phi) is 4.60. The Labute approximate surface area is 129 Å². The van der Waals surface area contributed by atoms with E-state index in [-0.39, 0.29) is 5.91 Å². The predicted molar refractivity (Wildman–Crippen MR) is 84.6 cm³/mol. The third-order valence-corrected chi connectivity index (χ3v) is 3.63. The number of ether oxygens (including phenoxy) is 1. The minimum atomic E-state index is -0.874. The summed E-state index contributed by atoms with van der Waals surface area (Å²) in [5.74, 6) is 0.391. The molecular weight excluding hydrogens is 282 g/mol. The van der Waals surface area contributed by atoms with Crippen LogP contribution in [0.5, 0.6) is 5.75 Å². The van der Waals surface area contributed by atoms with Crippen molar-refractivity contribution >= 4 is 24.2 Å². The lowest BCUT2D eigenvalue weighted by atomic mass is 10.00. The molecule has 6 heteroatoms. The van der Waals surface area contributed by atoms with Crippen molar-refractivity contribution in [3.05, 3.63) is 35.9 Å². The van der Waals surface area contributed by atoms with E-state index in [1.54, 1.807) is 26.2 Å². The van der Waals surface area contributed by atoms with Gasteiger partial charge in [0.05, 0.1) is 7.11 Å². The average molecular weight is 301 g/mol. The summed E-state index contributed by atoms with van der Waals surface area (Å²) < 4.78 is 5.23. The number of benzene rings is 1. The maximum absolute atomic E-state index is 12.1. The molecule has 1 fully saturated rings. The topological polar surface area (TPSA) is 71.0 Å². The van der Waals surface area contributed by atoms with Gasteiger partial charge in [0, 0.05) is 11.8 Å². The molecule has 1 atom stereocenters. The van der Waals surface area contributed by atoms with Gasteiger partial charge in [-0.15, -0.1) is 5.01 Å². The Balaban J connectivity index is 2.08. The third-order valence-electron chi connectivity index (χ3n) is 3.63. The first-order valence-corrected chi connectivity index (χ1v) is 7.02. The number of allylic oxidation sites excluding steroid dienone is 1. The monoisotopic (exact) mass is 301 g/mol. The molecule has 0 saturated carbocycles. The molecule has 2 rings (SSSR count). The first-order chi connectivity index (χ1) is 10.5. The minimum Gasteiger partial charge on any atom is -0.496 e. The van der Waals surface area contributed by atoms with E-state index >= 15 is 0 Å². The van der Waals surface area contributed by atoms with E-state index in [4.69, 9.17) is 4.74 Å². The lowest BCUT2D eigenvalue weighted by molar-refractivity contribution is -0.130. The van der Waals surface area contributed by atoms with E-state index in [1.807, 2.05) is 31.2 Å². The highest BCUT2D eigenvalue weighted by molar-refractivity contribution is 6.07. The average Bonchev–Trinajstić information content (AvgIpc) is 2.75. The molecule has 6 nitrogen and oxygen atoms in total. The molecule has 1 saturated heterocycles. The van der Waals surface area contributed by atoms with Gasteiger partial charge < -0.3 is 10.1 Å². The Morgan fingerprint density at radius 1 is 1.36 bits per heavy atom. The fourth-order valence-electron chi connectivity index (χ4n) is 2.07. The molecule has 0 aliphatic carbocycles. The molecule has 1 aliphatic heterocycles. The summed E-state index contributed by atoms with van der Waals surface area (Å²) in [6.45, 7) is 3.53. The maximum atomic E-state index is 12.1. The number of carbonyl (C=O) groups is 2. The van der Waals surface area contributed by atoms with Crippen LogP contribution in [0.15, 0.2) is 35.4 Å². The molecule has 0 spiro atoms. The minimum absolute atomic E-state index is 0.345. The van der Waals surface area contributed by atoms with Crippen LogP contribution in [-0.2, 0) is 4.79 Å². The summed E-state index contributed by atoms with van der Waals surface area (Å²) in [7, 11) is 1.60. The highest BCUT2D eigenvalue weighted by Gasteiger charge is 2.46. The first-order valence-electron chi connectivity index (χ1n) is 7.02. The number of para-hydroxylation sites is 1. The first kappa shape index (κ1) is 15.8. The van der Waals surface area contributed by atoms with Gasteiger partial charge >= 0.3 is 6.03 Å². The fraction of sp³-hybridized carbons (Fsp3) is 0.312. The Bertz CT molecular complexity index is 639. The highest BCUT2D eigenvalue weighted by atomic mass is 16.5. The molecule has 3 amide bonds. The molecule has 1 aliphatic rings. The van der Waals surface area contributed by atoms with E-state index < -0.39 is 11.6 Å². The van der Waals surface area contributed by atoms with Gasteiger partial charge in [-0.25, -0.2) is 4.79 Å². The van der Waals surface area contributed by atoms with Crippen molar-refractivity contribution in [1.29, 1.82) is 0 Å². The van der Waals surface area contributed by atoms with Gasteiger partial charge in [0.15, 0.2) is 0 Å². The van der Waals surface area contributed by atoms with Crippen molar-refractivity contribution in [2.45, 2.75) is 25.8 Å². The molecule has 1 aromatic rings. The van der Waals surface area contributed by atoms with Crippen LogP contribution in [0.1, 0.15) is 25.8 Å². The Hall–Kier alpha value is -2.63. The molecule has 0 radical (unpaired) electrons. The second kappa shape index (κ2) is 6.43. The Morgan fingerprint density at radius 3 is 2.73 bits per heavy atom. The van der Waals surface area contributed by atoms with E-state index in [1.165, 1.54) is 6.21 Å². The predicted octanol–water partition coefficient (Wildman–Crippen LogP) is 2.41. The number of nitrogens with one attached hydrogen (secondary N) is 1. The summed E-state index contributed by atoms with van der Waals surface area (Å²) in [5.41, 5.74) is 0.00731. The molecular formula is C16H19N3O3. The molecule has 116 valence electrons. The van der Waals surface area contributed by atoms with Gasteiger partial charge in [-0.1, -0.05) is 25.1 Å². The van der Waals surface area contributed by atoms with Crippen LogP contribution in [0.4, 0.5) is 4.79 Å². The highest BCUT2D eigenvalue weighted by Crippen LogP contribution is 2.21. The van der Waals surface area contributed by atoms with Crippen molar-refractivity contribution in [1.82, 2.24) is 10.3 Å². The van der Waals surface area contributed by atoms with Crippen LogP contribution < -0.4 is 10.1 Å². The molecule has 1 aromatic carbocycles. The van der Waals surface area contributed by atoms with Crippen molar-refractivity contribution in [2.75, 3.05) is 7.11 Å². The number of imide groups is 1.